The van der Waals surface area contributed by atoms with Crippen LogP contribution in [0.5, 0.6) is 0 Å². The molecule has 0 aliphatic carbocycles. The second-order valence-corrected chi connectivity index (χ2v) is 19.2. The number of nitrogens with two attached hydrogens (primary N) is 2. The maximum Gasteiger partial charge on any atom is 0.323 e. The average Bonchev–Trinajstić information content (AvgIpc) is 3.60. The maximum atomic E-state index is 13.4. The highest BCUT2D eigenvalue weighted by Gasteiger charge is 2.34. The SMILES string of the molecule is CC(=O)N[C@@H](Cc1ccccc1)[C@H](O)CN(OC(C)C)S(=O)(=O)c1ccc(N)c(N)c1.CC(=O)N[C@@H](Cc1ccccc1)[C@H](O)CN(OC(C)C)S(=O)(=O)c1ccc2[nH]c(=O)[nH]c2c1. The number of imidazole rings is 1. The van der Waals surface area contributed by atoms with Crippen molar-refractivity contribution in [1.29, 1.82) is 0 Å². The summed E-state index contributed by atoms with van der Waals surface area (Å²) in [4.78, 5) is 50.9. The number of benzene rings is 4. The number of anilines is 2. The first kappa shape index (κ1) is 51.0. The van der Waals surface area contributed by atoms with Crippen LogP contribution in [0, 0.1) is 0 Å². The lowest BCUT2D eigenvalue weighted by Crippen LogP contribution is -2.50. The predicted molar refractivity (Wildman–Crippen MR) is 242 cm³/mol. The monoisotopic (exact) mass is 926 g/mol. The molecule has 0 saturated heterocycles. The molecule has 0 spiro atoms. The van der Waals surface area contributed by atoms with Gasteiger partial charge in [-0.25, -0.2) is 21.6 Å². The highest BCUT2D eigenvalue weighted by Crippen LogP contribution is 2.25. The lowest BCUT2D eigenvalue weighted by molar-refractivity contribution is -0.138. The number of carbonyl (C=O) groups is 2. The van der Waals surface area contributed by atoms with Gasteiger partial charge in [0.2, 0.25) is 11.8 Å². The number of aromatic nitrogens is 2. The number of aliphatic hydroxyl groups excluding tert-OH is 2. The number of nitrogens with one attached hydrogen (secondary N) is 4. The summed E-state index contributed by atoms with van der Waals surface area (Å²) in [5.41, 5.74) is 13.9. The van der Waals surface area contributed by atoms with E-state index < -0.39 is 75.3 Å². The maximum absolute atomic E-state index is 13.4. The van der Waals surface area contributed by atoms with Crippen LogP contribution in [0.15, 0.2) is 112 Å². The molecule has 0 aliphatic heterocycles. The van der Waals surface area contributed by atoms with Gasteiger partial charge in [0.1, 0.15) is 0 Å². The molecule has 2 amide bonds. The molecule has 0 radical (unpaired) electrons. The lowest BCUT2D eigenvalue weighted by Gasteiger charge is -2.30. The summed E-state index contributed by atoms with van der Waals surface area (Å²) in [7, 11) is -8.37. The van der Waals surface area contributed by atoms with Crippen LogP contribution < -0.4 is 27.8 Å². The lowest BCUT2D eigenvalue weighted by atomic mass is 10.0. The molecule has 1 heterocycles. The van der Waals surface area contributed by atoms with Crippen molar-refractivity contribution in [2.75, 3.05) is 24.6 Å². The number of H-pyrrole nitrogens is 2. The molecule has 4 aromatic carbocycles. The Balaban J connectivity index is 0.000000281. The van der Waals surface area contributed by atoms with Crippen molar-refractivity contribution in [2.24, 2.45) is 0 Å². The first-order valence-corrected chi connectivity index (χ1v) is 23.2. The molecule has 64 heavy (non-hydrogen) atoms. The number of amides is 2. The van der Waals surface area contributed by atoms with Gasteiger partial charge in [0.05, 0.1) is 81.8 Å². The first-order chi connectivity index (χ1) is 30.1. The smallest absolute Gasteiger partial charge is 0.323 e. The molecule has 19 nitrogen and oxygen atoms in total. The number of sulfonamides is 2. The topological polar surface area (TPSA) is 293 Å². The quantitative estimate of drug-likeness (QED) is 0.0412. The highest BCUT2D eigenvalue weighted by atomic mass is 32.2. The third kappa shape index (κ3) is 14.7. The summed E-state index contributed by atoms with van der Waals surface area (Å²) in [6.45, 7) is 8.51. The van der Waals surface area contributed by atoms with Crippen molar-refractivity contribution in [3.05, 3.63) is 119 Å². The van der Waals surface area contributed by atoms with Crippen molar-refractivity contribution in [1.82, 2.24) is 29.5 Å². The normalized spacial score (nSPS) is 13.9. The van der Waals surface area contributed by atoms with E-state index >= 15 is 0 Å². The van der Waals surface area contributed by atoms with Crippen molar-refractivity contribution in [3.8, 4) is 0 Å². The van der Waals surface area contributed by atoms with E-state index in [-0.39, 0.29) is 33.0 Å². The number of fused-ring (bicyclic) bond motifs is 1. The van der Waals surface area contributed by atoms with Gasteiger partial charge in [0.15, 0.2) is 0 Å². The molecule has 0 unspecified atom stereocenters. The Kier molecular flexibility index (Phi) is 18.2. The molecule has 348 valence electrons. The number of hydrogen-bond donors (Lipinski definition) is 8. The van der Waals surface area contributed by atoms with E-state index in [0.717, 1.165) is 20.1 Å². The minimum Gasteiger partial charge on any atom is -0.397 e. The third-order valence-electron chi connectivity index (χ3n) is 9.31. The summed E-state index contributed by atoms with van der Waals surface area (Å²) in [5.74, 6) is -0.693. The summed E-state index contributed by atoms with van der Waals surface area (Å²) < 4.78 is 54.5. The van der Waals surface area contributed by atoms with Crippen LogP contribution in [0.1, 0.15) is 52.7 Å². The highest BCUT2D eigenvalue weighted by molar-refractivity contribution is 7.89. The Morgan fingerprint density at radius 3 is 1.44 bits per heavy atom. The zero-order valence-corrected chi connectivity index (χ0v) is 38.1. The van der Waals surface area contributed by atoms with E-state index in [9.17, 15) is 41.4 Å². The molecular formula is C43H58N8O11S2. The molecule has 4 atom stereocenters. The number of hydrogen-bond acceptors (Lipinski definition) is 13. The van der Waals surface area contributed by atoms with E-state index in [1.165, 1.54) is 50.2 Å². The fraction of sp³-hybridized carbons (Fsp3) is 0.372. The summed E-state index contributed by atoms with van der Waals surface area (Å²) in [5, 5.41) is 27.2. The number of aromatic amines is 2. The minimum atomic E-state index is -4.21. The van der Waals surface area contributed by atoms with Gasteiger partial charge in [-0.05, 0) is 88.1 Å². The average molecular weight is 927 g/mol. The molecule has 0 aliphatic rings. The van der Waals surface area contributed by atoms with Gasteiger partial charge in [0, 0.05) is 13.8 Å². The Bertz CT molecular complexity index is 2590. The van der Waals surface area contributed by atoms with Crippen LogP contribution >= 0.6 is 0 Å². The Hall–Kier alpha value is -5.65. The van der Waals surface area contributed by atoms with Crippen LogP contribution in [0.4, 0.5) is 11.4 Å². The number of aliphatic hydroxyl groups is 2. The van der Waals surface area contributed by atoms with Gasteiger partial charge in [-0.3, -0.25) is 19.3 Å². The molecule has 0 saturated carbocycles. The standard InChI is InChI=1S/C22H28N4O6S.C21H30N4O5S/c1-14(2)32-26(33(30,31)17-9-10-18-19(12-17)25-22(29)24-18)13-21(28)20(23-15(3)27)11-16-7-5-4-6-8-16;1-14(2)30-25(31(28,29)17-9-10-18(22)19(23)12-17)13-21(27)20(24-15(3)26)11-16-7-5-4-6-8-16/h4-10,12,14,20-21,28H,11,13H2,1-3H3,(H,23,27)(H2,24,25,29);4-10,12,14,20-21,27H,11,13,22-23H2,1-3H3,(H,24,26)/t2*20-,21+/m00/s1. The zero-order valence-electron chi connectivity index (χ0n) is 36.5. The molecule has 1 aromatic heterocycles. The van der Waals surface area contributed by atoms with Gasteiger partial charge in [-0.15, -0.1) is 0 Å². The molecule has 5 aromatic rings. The van der Waals surface area contributed by atoms with E-state index in [2.05, 4.69) is 20.6 Å². The summed E-state index contributed by atoms with van der Waals surface area (Å²) in [6.07, 6.45) is -2.89. The minimum absolute atomic E-state index is 0.114. The summed E-state index contributed by atoms with van der Waals surface area (Å²) in [6, 6.07) is 25.1. The second kappa shape index (κ2) is 22.8. The van der Waals surface area contributed by atoms with Crippen molar-refractivity contribution in [3.63, 3.8) is 0 Å². The Morgan fingerprint density at radius 2 is 1.03 bits per heavy atom. The Labute approximate surface area is 372 Å². The molecule has 10 N–H and O–H groups in total. The van der Waals surface area contributed by atoms with Gasteiger partial charge < -0.3 is 42.3 Å². The number of hydroxylamine groups is 2. The zero-order chi connectivity index (χ0) is 47.4. The van der Waals surface area contributed by atoms with Crippen LogP contribution in [-0.2, 0) is 52.2 Å². The van der Waals surface area contributed by atoms with Crippen molar-refractivity contribution >= 4 is 54.3 Å². The number of carbonyl (C=O) groups excluding carboxylic acids is 2. The molecule has 5 rings (SSSR count). The largest absolute Gasteiger partial charge is 0.397 e. The summed E-state index contributed by atoms with van der Waals surface area (Å²) >= 11 is 0. The van der Waals surface area contributed by atoms with Gasteiger partial charge in [0.25, 0.3) is 20.0 Å². The van der Waals surface area contributed by atoms with E-state index in [1.807, 2.05) is 60.7 Å². The van der Waals surface area contributed by atoms with Crippen LogP contribution in [0.25, 0.3) is 11.0 Å². The molecule has 0 fully saturated rings. The van der Waals surface area contributed by atoms with Gasteiger partial charge in [-0.2, -0.15) is 0 Å². The number of nitrogens with zero attached hydrogens (tertiary/aromatic N) is 2. The fourth-order valence-corrected chi connectivity index (χ4v) is 9.13. The van der Waals surface area contributed by atoms with Crippen LogP contribution in [-0.4, -0.2) is 107 Å². The van der Waals surface area contributed by atoms with E-state index in [4.69, 9.17) is 21.1 Å². The number of nitrogen functional groups attached to an aromatic ring is 2. The van der Waals surface area contributed by atoms with Crippen molar-refractivity contribution < 1.29 is 46.3 Å². The predicted octanol–water partition coefficient (Wildman–Crippen LogP) is 2.59. The molecular weight excluding hydrogens is 869 g/mol. The van der Waals surface area contributed by atoms with E-state index in [1.54, 1.807) is 27.7 Å². The van der Waals surface area contributed by atoms with Gasteiger partial charge in [-0.1, -0.05) is 69.6 Å². The van der Waals surface area contributed by atoms with Crippen LogP contribution in [0.3, 0.4) is 0 Å². The molecule has 21 heteroatoms. The van der Waals surface area contributed by atoms with Crippen LogP contribution in [0.2, 0.25) is 0 Å². The molecule has 0 bridgehead atoms. The number of rotatable bonds is 20. The fourth-order valence-electron chi connectivity index (χ4n) is 6.37. The van der Waals surface area contributed by atoms with Gasteiger partial charge >= 0.3 is 5.69 Å². The Morgan fingerprint density at radius 1 is 0.625 bits per heavy atom. The second-order valence-electron chi connectivity index (χ2n) is 15.5. The van der Waals surface area contributed by atoms with E-state index in [0.29, 0.717) is 23.9 Å². The van der Waals surface area contributed by atoms with Crippen molar-refractivity contribution in [2.45, 2.75) is 101 Å². The first-order valence-electron chi connectivity index (χ1n) is 20.3. The third-order valence-corrected chi connectivity index (χ3v) is 12.6.